The molecule has 1 unspecified atom stereocenters. The standard InChI is InChI=1S/C29H42N6O4S/c1-18(20-6-8-21(9-7-20)25-19(2)31-17-40-25)32-27(38)23-14-22(36)15-35(23)28(39)26(29(3,4)5)33-24(37)16-34-12-10-30-11-13-34/h6-9,17-18,22-23,26,30,36H,10-16H2,1-5H3,(H,32,38)(H,33,37)/t18-,22+,23-,26?/m0/s1. The molecular weight excluding hydrogens is 528 g/mol. The number of benzene rings is 1. The number of hydrogen-bond donors (Lipinski definition) is 4. The summed E-state index contributed by atoms with van der Waals surface area (Å²) in [7, 11) is 0. The molecule has 0 spiro atoms. The Bertz CT molecular complexity index is 1190. The summed E-state index contributed by atoms with van der Waals surface area (Å²) in [6.07, 6.45) is -0.659. The highest BCUT2D eigenvalue weighted by Crippen LogP contribution is 2.29. The van der Waals surface area contributed by atoms with Gasteiger partial charge in [0.15, 0.2) is 0 Å². The van der Waals surface area contributed by atoms with E-state index in [-0.39, 0.29) is 43.3 Å². The van der Waals surface area contributed by atoms with Gasteiger partial charge in [-0.3, -0.25) is 19.3 Å². The number of amides is 3. The third-order valence-corrected chi connectivity index (χ3v) is 8.61. The third kappa shape index (κ3) is 7.25. The summed E-state index contributed by atoms with van der Waals surface area (Å²) < 4.78 is 0. The number of nitrogens with zero attached hydrogens (tertiary/aromatic N) is 3. The van der Waals surface area contributed by atoms with Crippen LogP contribution in [0.1, 0.15) is 51.4 Å². The molecule has 10 nitrogen and oxygen atoms in total. The minimum atomic E-state index is -0.830. The van der Waals surface area contributed by atoms with Crippen molar-refractivity contribution in [1.29, 1.82) is 0 Å². The molecule has 3 heterocycles. The number of aromatic nitrogens is 1. The van der Waals surface area contributed by atoms with Crippen molar-refractivity contribution in [3.05, 3.63) is 41.0 Å². The van der Waals surface area contributed by atoms with Crippen molar-refractivity contribution in [2.24, 2.45) is 5.41 Å². The molecule has 1 aromatic heterocycles. The molecule has 2 saturated heterocycles. The number of hydrogen-bond acceptors (Lipinski definition) is 8. The third-order valence-electron chi connectivity index (χ3n) is 7.64. The summed E-state index contributed by atoms with van der Waals surface area (Å²) >= 11 is 1.59. The maximum Gasteiger partial charge on any atom is 0.246 e. The van der Waals surface area contributed by atoms with Gasteiger partial charge in [0.1, 0.15) is 12.1 Å². The van der Waals surface area contributed by atoms with E-state index in [0.29, 0.717) is 0 Å². The molecule has 2 fully saturated rings. The Hall–Kier alpha value is -2.86. The molecule has 2 aliphatic rings. The molecule has 1 aromatic carbocycles. The minimum absolute atomic E-state index is 0.0500. The number of aliphatic hydroxyl groups excluding tert-OH is 1. The molecule has 40 heavy (non-hydrogen) atoms. The fourth-order valence-corrected chi connectivity index (χ4v) is 6.11. The van der Waals surface area contributed by atoms with Crippen molar-refractivity contribution >= 4 is 29.1 Å². The Labute approximate surface area is 240 Å². The number of likely N-dealkylation sites (tertiary alicyclic amines) is 1. The molecule has 4 rings (SSSR count). The Morgan fingerprint density at radius 2 is 1.82 bits per heavy atom. The number of aliphatic hydroxyl groups is 1. The Kier molecular flexibility index (Phi) is 9.60. The molecule has 0 saturated carbocycles. The number of rotatable bonds is 8. The maximum absolute atomic E-state index is 13.8. The topological polar surface area (TPSA) is 127 Å². The number of β-amino-alcohol motifs (C(OH)–C–C–N with tert-alkyl or cyclic N) is 1. The lowest BCUT2D eigenvalue weighted by molar-refractivity contribution is -0.144. The van der Waals surface area contributed by atoms with Gasteiger partial charge in [-0.15, -0.1) is 11.3 Å². The molecular formula is C29H42N6O4S. The second-order valence-electron chi connectivity index (χ2n) is 11.9. The Morgan fingerprint density at radius 1 is 1.15 bits per heavy atom. The predicted octanol–water partition coefficient (Wildman–Crippen LogP) is 1.69. The first-order valence-electron chi connectivity index (χ1n) is 14.0. The van der Waals surface area contributed by atoms with Gasteiger partial charge in [0.25, 0.3) is 0 Å². The molecule has 4 atom stereocenters. The largest absolute Gasteiger partial charge is 0.391 e. The lowest BCUT2D eigenvalue weighted by Gasteiger charge is -2.36. The van der Waals surface area contributed by atoms with Gasteiger partial charge in [0.05, 0.1) is 34.8 Å². The van der Waals surface area contributed by atoms with Gasteiger partial charge < -0.3 is 26.0 Å². The van der Waals surface area contributed by atoms with Crippen LogP contribution in [-0.2, 0) is 14.4 Å². The fourth-order valence-electron chi connectivity index (χ4n) is 5.29. The lowest BCUT2D eigenvalue weighted by Crippen LogP contribution is -2.59. The highest BCUT2D eigenvalue weighted by Gasteiger charge is 2.44. The Balaban J connectivity index is 1.42. The first-order chi connectivity index (χ1) is 18.9. The quantitative estimate of drug-likeness (QED) is 0.381. The average Bonchev–Trinajstić information content (AvgIpc) is 3.52. The second-order valence-corrected chi connectivity index (χ2v) is 12.8. The molecule has 0 bridgehead atoms. The van der Waals surface area contributed by atoms with Crippen LogP contribution in [0.2, 0.25) is 0 Å². The van der Waals surface area contributed by atoms with Crippen molar-refractivity contribution in [2.75, 3.05) is 39.3 Å². The van der Waals surface area contributed by atoms with E-state index in [1.807, 2.05) is 64.4 Å². The van der Waals surface area contributed by atoms with Gasteiger partial charge in [-0.2, -0.15) is 0 Å². The first kappa shape index (κ1) is 30.1. The van der Waals surface area contributed by atoms with Crippen LogP contribution in [0.3, 0.4) is 0 Å². The number of piperazine rings is 1. The van der Waals surface area contributed by atoms with Crippen molar-refractivity contribution in [1.82, 2.24) is 30.7 Å². The molecule has 4 N–H and O–H groups in total. The molecule has 11 heteroatoms. The number of carbonyl (C=O) groups excluding carboxylic acids is 3. The van der Waals surface area contributed by atoms with Crippen LogP contribution in [0.5, 0.6) is 0 Å². The normalized spacial score (nSPS) is 21.6. The number of carbonyl (C=O) groups is 3. The monoisotopic (exact) mass is 570 g/mol. The number of nitrogens with one attached hydrogen (secondary N) is 3. The van der Waals surface area contributed by atoms with E-state index in [2.05, 4.69) is 25.8 Å². The minimum Gasteiger partial charge on any atom is -0.391 e. The molecule has 218 valence electrons. The van der Waals surface area contributed by atoms with Crippen molar-refractivity contribution in [3.8, 4) is 10.4 Å². The van der Waals surface area contributed by atoms with E-state index < -0.39 is 23.6 Å². The molecule has 0 radical (unpaired) electrons. The van der Waals surface area contributed by atoms with Crippen molar-refractivity contribution in [3.63, 3.8) is 0 Å². The van der Waals surface area contributed by atoms with Gasteiger partial charge in [0.2, 0.25) is 17.7 Å². The van der Waals surface area contributed by atoms with E-state index in [1.165, 1.54) is 4.90 Å². The summed E-state index contributed by atoms with van der Waals surface area (Å²) in [5, 5.41) is 19.7. The van der Waals surface area contributed by atoms with Crippen LogP contribution < -0.4 is 16.0 Å². The summed E-state index contributed by atoms with van der Waals surface area (Å²) in [6, 6.07) is 6.05. The molecule has 3 amide bonds. The van der Waals surface area contributed by atoms with E-state index in [4.69, 9.17) is 0 Å². The molecule has 2 aliphatic heterocycles. The molecule has 0 aliphatic carbocycles. The van der Waals surface area contributed by atoms with Crippen LogP contribution in [0.4, 0.5) is 0 Å². The number of thiazole rings is 1. The van der Waals surface area contributed by atoms with Crippen LogP contribution in [0, 0.1) is 12.3 Å². The Morgan fingerprint density at radius 3 is 2.42 bits per heavy atom. The summed E-state index contributed by atoms with van der Waals surface area (Å²) in [5.41, 5.74) is 4.23. The van der Waals surface area contributed by atoms with Gasteiger partial charge >= 0.3 is 0 Å². The van der Waals surface area contributed by atoms with Crippen LogP contribution in [0.25, 0.3) is 10.4 Å². The first-order valence-corrected chi connectivity index (χ1v) is 14.8. The van der Waals surface area contributed by atoms with Gasteiger partial charge in [-0.05, 0) is 30.4 Å². The highest BCUT2D eigenvalue weighted by atomic mass is 32.1. The van der Waals surface area contributed by atoms with E-state index in [1.54, 1.807) is 11.3 Å². The maximum atomic E-state index is 13.8. The molecule has 2 aromatic rings. The fraction of sp³-hybridized carbons (Fsp3) is 0.586. The van der Waals surface area contributed by atoms with E-state index in [0.717, 1.165) is 47.9 Å². The zero-order chi connectivity index (χ0) is 29.0. The summed E-state index contributed by atoms with van der Waals surface area (Å²) in [5.74, 6) is -0.893. The number of aryl methyl sites for hydroxylation is 1. The van der Waals surface area contributed by atoms with Crippen molar-refractivity contribution in [2.45, 2.75) is 65.3 Å². The van der Waals surface area contributed by atoms with Gasteiger partial charge in [-0.1, -0.05) is 45.0 Å². The van der Waals surface area contributed by atoms with Crippen molar-refractivity contribution < 1.29 is 19.5 Å². The summed E-state index contributed by atoms with van der Waals surface area (Å²) in [6.45, 7) is 13.0. The lowest BCUT2D eigenvalue weighted by atomic mass is 9.85. The zero-order valence-corrected chi connectivity index (χ0v) is 24.9. The summed E-state index contributed by atoms with van der Waals surface area (Å²) in [4.78, 5) is 49.1. The van der Waals surface area contributed by atoms with Gasteiger partial charge in [0, 0.05) is 39.1 Å². The van der Waals surface area contributed by atoms with Crippen LogP contribution in [0.15, 0.2) is 29.8 Å². The smallest absolute Gasteiger partial charge is 0.246 e. The predicted molar refractivity (Wildman–Crippen MR) is 156 cm³/mol. The SMILES string of the molecule is Cc1ncsc1-c1ccc([C@H](C)NC(=O)[C@@H]2C[C@@H](O)CN2C(=O)C(NC(=O)CN2CCNCC2)C(C)(C)C)cc1. The van der Waals surface area contributed by atoms with Gasteiger partial charge in [-0.25, -0.2) is 4.98 Å². The zero-order valence-electron chi connectivity index (χ0n) is 24.1. The highest BCUT2D eigenvalue weighted by molar-refractivity contribution is 7.13. The average molecular weight is 571 g/mol. The van der Waals surface area contributed by atoms with Crippen LogP contribution in [-0.4, -0.2) is 95.1 Å². The second kappa shape index (κ2) is 12.8. The van der Waals surface area contributed by atoms with Crippen LogP contribution >= 0.6 is 11.3 Å². The van der Waals surface area contributed by atoms with E-state index >= 15 is 0 Å². The van der Waals surface area contributed by atoms with E-state index in [9.17, 15) is 19.5 Å².